The molecule has 2 aliphatic rings. The van der Waals surface area contributed by atoms with Crippen LogP contribution in [-0.2, 0) is 16.4 Å². The van der Waals surface area contributed by atoms with Gasteiger partial charge in [0.25, 0.3) is 0 Å². The van der Waals surface area contributed by atoms with Gasteiger partial charge in [0.1, 0.15) is 0 Å². The highest BCUT2D eigenvalue weighted by molar-refractivity contribution is 7.91. The third-order valence-electron chi connectivity index (χ3n) is 4.64. The van der Waals surface area contributed by atoms with E-state index in [4.69, 9.17) is 4.52 Å². The van der Waals surface area contributed by atoms with Gasteiger partial charge in [0.2, 0.25) is 5.89 Å². The van der Waals surface area contributed by atoms with Crippen LogP contribution in [0.15, 0.2) is 4.52 Å². The molecule has 0 spiro atoms. The minimum atomic E-state index is -2.85. The molecule has 0 bridgehead atoms. The Kier molecular flexibility index (Phi) is 4.31. The van der Waals surface area contributed by atoms with Crippen LogP contribution in [-0.4, -0.2) is 36.1 Å². The Hall–Kier alpha value is -0.950. The molecular weight excluding hydrogens is 290 g/mol. The van der Waals surface area contributed by atoms with Gasteiger partial charge in [-0.1, -0.05) is 24.9 Å². The van der Waals surface area contributed by atoms with Crippen LogP contribution in [0, 0.1) is 5.92 Å². The van der Waals surface area contributed by atoms with Crippen LogP contribution in [0.1, 0.15) is 56.7 Å². The summed E-state index contributed by atoms with van der Waals surface area (Å²) in [5.41, 5.74) is 0. The maximum Gasteiger partial charge on any atom is 0.240 e. The summed E-state index contributed by atoms with van der Waals surface area (Å²) in [4.78, 5) is 4.47. The first-order valence-electron chi connectivity index (χ1n) is 7.78. The summed E-state index contributed by atoms with van der Waals surface area (Å²) in [7, 11) is -2.85. The second kappa shape index (κ2) is 6.04. The number of nitrogens with one attached hydrogen (secondary N) is 1. The first kappa shape index (κ1) is 15.0. The molecule has 3 rings (SSSR count). The van der Waals surface area contributed by atoms with Crippen molar-refractivity contribution in [1.29, 1.82) is 0 Å². The number of hydrogen-bond donors (Lipinski definition) is 1. The van der Waals surface area contributed by atoms with Gasteiger partial charge in [0.05, 0.1) is 18.1 Å². The van der Waals surface area contributed by atoms with E-state index in [-0.39, 0.29) is 17.5 Å². The predicted molar refractivity (Wildman–Crippen MR) is 78.6 cm³/mol. The Morgan fingerprint density at radius 1 is 1.24 bits per heavy atom. The van der Waals surface area contributed by atoms with E-state index >= 15 is 0 Å². The van der Waals surface area contributed by atoms with Gasteiger partial charge in [-0.15, -0.1) is 0 Å². The first-order chi connectivity index (χ1) is 10.0. The summed E-state index contributed by atoms with van der Waals surface area (Å²) in [6.07, 6.45) is 5.40. The number of nitrogens with zero attached hydrogens (tertiary/aromatic N) is 2. The average molecular weight is 313 g/mol. The van der Waals surface area contributed by atoms with E-state index in [1.54, 1.807) is 0 Å². The van der Waals surface area contributed by atoms with Crippen LogP contribution < -0.4 is 5.32 Å². The quantitative estimate of drug-likeness (QED) is 0.909. The highest BCUT2D eigenvalue weighted by Crippen LogP contribution is 2.33. The van der Waals surface area contributed by atoms with E-state index in [0.717, 1.165) is 24.6 Å². The number of aromatic nitrogens is 2. The van der Waals surface area contributed by atoms with Crippen molar-refractivity contribution in [2.45, 2.75) is 57.5 Å². The van der Waals surface area contributed by atoms with Crippen LogP contribution in [0.25, 0.3) is 0 Å². The molecule has 0 radical (unpaired) electrons. The molecule has 1 aliphatic heterocycles. The lowest BCUT2D eigenvalue weighted by molar-refractivity contribution is 0.321. The van der Waals surface area contributed by atoms with E-state index in [0.29, 0.717) is 24.8 Å². The van der Waals surface area contributed by atoms with Gasteiger partial charge in [-0.3, -0.25) is 0 Å². The minimum absolute atomic E-state index is 0.0147. The summed E-state index contributed by atoms with van der Waals surface area (Å²) in [5, 5.41) is 7.30. The Bertz CT molecular complexity index is 576. The maximum absolute atomic E-state index is 11.4. The summed E-state index contributed by atoms with van der Waals surface area (Å²) in [6.45, 7) is 2.74. The Balaban J connectivity index is 1.51. The molecule has 7 heteroatoms. The van der Waals surface area contributed by atoms with Crippen LogP contribution in [0.4, 0.5) is 0 Å². The molecule has 6 nitrogen and oxygen atoms in total. The van der Waals surface area contributed by atoms with Gasteiger partial charge in [-0.25, -0.2) is 8.42 Å². The van der Waals surface area contributed by atoms with Crippen molar-refractivity contribution in [2.75, 3.05) is 11.5 Å². The summed E-state index contributed by atoms with van der Waals surface area (Å²) in [6, 6.07) is 0.0147. The smallest absolute Gasteiger partial charge is 0.240 e. The molecule has 0 aromatic carbocycles. The van der Waals surface area contributed by atoms with Gasteiger partial charge in [-0.2, -0.15) is 4.98 Å². The molecule has 0 amide bonds. The second-order valence-electron chi connectivity index (χ2n) is 6.48. The standard InChI is InChI=1S/C14H23N3O3S/c1-10-2-4-11(5-3-10)14-16-13(20-17-14)8-15-12-6-7-21(18,19)9-12/h10-12,15H,2-9H2,1H3. The van der Waals surface area contributed by atoms with E-state index in [1.807, 2.05) is 0 Å². The van der Waals surface area contributed by atoms with Gasteiger partial charge in [0, 0.05) is 12.0 Å². The van der Waals surface area contributed by atoms with Crippen LogP contribution >= 0.6 is 0 Å². The van der Waals surface area contributed by atoms with Crippen LogP contribution in [0.5, 0.6) is 0 Å². The highest BCUT2D eigenvalue weighted by atomic mass is 32.2. The fourth-order valence-electron chi connectivity index (χ4n) is 3.21. The van der Waals surface area contributed by atoms with Crippen molar-refractivity contribution in [3.05, 3.63) is 11.7 Å². The lowest BCUT2D eigenvalue weighted by Crippen LogP contribution is -2.29. The monoisotopic (exact) mass is 313 g/mol. The topological polar surface area (TPSA) is 85.1 Å². The number of rotatable bonds is 4. The molecule has 118 valence electrons. The van der Waals surface area contributed by atoms with Crippen LogP contribution in [0.2, 0.25) is 0 Å². The minimum Gasteiger partial charge on any atom is -0.338 e. The van der Waals surface area contributed by atoms with E-state index in [9.17, 15) is 8.42 Å². The summed E-state index contributed by atoms with van der Waals surface area (Å²) < 4.78 is 28.1. The zero-order valence-electron chi connectivity index (χ0n) is 12.4. The van der Waals surface area contributed by atoms with Crippen molar-refractivity contribution in [3.63, 3.8) is 0 Å². The highest BCUT2D eigenvalue weighted by Gasteiger charge is 2.28. The van der Waals surface area contributed by atoms with Gasteiger partial charge >= 0.3 is 0 Å². The molecule has 1 saturated heterocycles. The first-order valence-corrected chi connectivity index (χ1v) is 9.60. The van der Waals surface area contributed by atoms with Crippen molar-refractivity contribution in [3.8, 4) is 0 Å². The van der Waals surface area contributed by atoms with Crippen molar-refractivity contribution in [2.24, 2.45) is 5.92 Å². The van der Waals surface area contributed by atoms with Crippen molar-refractivity contribution >= 4 is 9.84 Å². The fourth-order valence-corrected chi connectivity index (χ4v) is 4.92. The molecule has 1 aromatic rings. The SMILES string of the molecule is CC1CCC(c2noc(CNC3CCS(=O)(=O)C3)n2)CC1. The van der Waals surface area contributed by atoms with Crippen molar-refractivity contribution in [1.82, 2.24) is 15.5 Å². The summed E-state index contributed by atoms with van der Waals surface area (Å²) in [5.74, 6) is 3.10. The lowest BCUT2D eigenvalue weighted by Gasteiger charge is -2.23. The number of hydrogen-bond acceptors (Lipinski definition) is 6. The van der Waals surface area contributed by atoms with E-state index < -0.39 is 9.84 Å². The molecule has 1 aliphatic carbocycles. The lowest BCUT2D eigenvalue weighted by atomic mass is 9.83. The molecule has 2 heterocycles. The van der Waals surface area contributed by atoms with E-state index in [1.165, 1.54) is 12.8 Å². The molecule has 1 unspecified atom stereocenters. The second-order valence-corrected chi connectivity index (χ2v) is 8.71. The zero-order chi connectivity index (χ0) is 14.9. The normalized spacial score (nSPS) is 32.3. The molecule has 1 aromatic heterocycles. The molecule has 21 heavy (non-hydrogen) atoms. The van der Waals surface area contributed by atoms with Crippen molar-refractivity contribution < 1.29 is 12.9 Å². The summed E-state index contributed by atoms with van der Waals surface area (Å²) >= 11 is 0. The fraction of sp³-hybridized carbons (Fsp3) is 0.857. The molecule has 1 atom stereocenters. The Labute approximate surface area is 125 Å². The number of sulfone groups is 1. The Morgan fingerprint density at radius 3 is 2.67 bits per heavy atom. The third-order valence-corrected chi connectivity index (χ3v) is 6.41. The Morgan fingerprint density at radius 2 is 2.00 bits per heavy atom. The van der Waals surface area contributed by atoms with Crippen LogP contribution in [0.3, 0.4) is 0 Å². The zero-order valence-corrected chi connectivity index (χ0v) is 13.2. The van der Waals surface area contributed by atoms with Gasteiger partial charge in [0.15, 0.2) is 15.7 Å². The predicted octanol–water partition coefficient (Wildman–Crippen LogP) is 1.64. The average Bonchev–Trinajstić information content (AvgIpc) is 3.04. The van der Waals surface area contributed by atoms with Gasteiger partial charge in [-0.05, 0) is 25.2 Å². The van der Waals surface area contributed by atoms with E-state index in [2.05, 4.69) is 22.4 Å². The third kappa shape index (κ3) is 3.83. The molecule has 1 saturated carbocycles. The molecule has 1 N–H and O–H groups in total. The largest absolute Gasteiger partial charge is 0.338 e. The van der Waals surface area contributed by atoms with Gasteiger partial charge < -0.3 is 9.84 Å². The molecular formula is C14H23N3O3S. The maximum atomic E-state index is 11.4. The molecule has 2 fully saturated rings.